The Hall–Kier alpha value is -2.58. The lowest BCUT2D eigenvalue weighted by atomic mass is 10.0. The monoisotopic (exact) mass is 361 g/mol. The molecule has 0 fully saturated rings. The zero-order valence-corrected chi connectivity index (χ0v) is 13.3. The predicted molar refractivity (Wildman–Crippen MR) is 78.6 cm³/mol. The molecule has 1 aliphatic heterocycles. The summed E-state index contributed by atoms with van der Waals surface area (Å²) >= 11 is 0. The highest BCUT2D eigenvalue weighted by molar-refractivity contribution is 6.24. The van der Waals surface area contributed by atoms with Gasteiger partial charge in [-0.25, -0.2) is 4.79 Å². The maximum absolute atomic E-state index is 13.7. The van der Waals surface area contributed by atoms with Gasteiger partial charge in [0.05, 0.1) is 18.2 Å². The number of rotatable bonds is 5. The van der Waals surface area contributed by atoms with Gasteiger partial charge in [0.15, 0.2) is 0 Å². The number of methoxy groups -OCH3 is 1. The molecule has 0 bridgehead atoms. The van der Waals surface area contributed by atoms with E-state index in [0.717, 1.165) is 25.3 Å². The molecule has 1 aliphatic rings. The average Bonchev–Trinajstić information content (AvgIpc) is 2.85. The van der Waals surface area contributed by atoms with Crippen molar-refractivity contribution in [3.63, 3.8) is 0 Å². The van der Waals surface area contributed by atoms with E-state index in [-0.39, 0.29) is 17.6 Å². The summed E-state index contributed by atoms with van der Waals surface area (Å²) in [6.07, 6.45) is -6.76. The van der Waals surface area contributed by atoms with Crippen molar-refractivity contribution < 1.29 is 36.6 Å². The molecule has 0 amide bonds. The quantitative estimate of drug-likeness (QED) is 0.645. The summed E-state index contributed by atoms with van der Waals surface area (Å²) in [6.45, 7) is 1.63. The van der Waals surface area contributed by atoms with Crippen LogP contribution >= 0.6 is 0 Å². The van der Waals surface area contributed by atoms with Crippen LogP contribution in [0.5, 0.6) is 0 Å². The first-order chi connectivity index (χ1) is 11.7. The van der Waals surface area contributed by atoms with Crippen molar-refractivity contribution in [2.45, 2.75) is 31.9 Å². The molecular formula is C16H15F4NO4. The van der Waals surface area contributed by atoms with Crippen molar-refractivity contribution in [3.8, 4) is 0 Å². The Labute approximate surface area is 140 Å². The molecule has 0 aliphatic carbocycles. The number of ether oxygens (including phenoxy) is 2. The van der Waals surface area contributed by atoms with E-state index in [2.05, 4.69) is 10.1 Å². The molecule has 0 saturated carbocycles. The molecule has 1 aromatic carbocycles. The van der Waals surface area contributed by atoms with Crippen LogP contribution in [0, 0.1) is 0 Å². The molecule has 136 valence electrons. The van der Waals surface area contributed by atoms with E-state index >= 15 is 0 Å². The predicted octanol–water partition coefficient (Wildman–Crippen LogP) is 2.81. The SMILES string of the molecule is CCC(NC1=C(c2cccc(C(F)(F)F)c2)C(=O)C(F)O1)C(=O)OC. The molecule has 1 aromatic rings. The fraction of sp³-hybridized carbons (Fsp3) is 0.375. The minimum absolute atomic E-state index is 0.165. The first-order valence-corrected chi connectivity index (χ1v) is 7.30. The summed E-state index contributed by atoms with van der Waals surface area (Å²) in [4.78, 5) is 23.6. The lowest BCUT2D eigenvalue weighted by molar-refractivity contribution is -0.143. The summed E-state index contributed by atoms with van der Waals surface area (Å²) in [5.74, 6) is -2.20. The number of carbonyl (C=O) groups excluding carboxylic acids is 2. The van der Waals surface area contributed by atoms with Gasteiger partial charge in [-0.3, -0.25) is 4.79 Å². The number of hydrogen-bond acceptors (Lipinski definition) is 5. The number of Topliss-reactive ketones (excluding diaryl/α,β-unsaturated/α-hetero) is 1. The highest BCUT2D eigenvalue weighted by Crippen LogP contribution is 2.34. The Morgan fingerprint density at radius 1 is 1.40 bits per heavy atom. The minimum Gasteiger partial charge on any atom is -0.467 e. The normalized spacial score (nSPS) is 18.8. The molecule has 0 aromatic heterocycles. The molecule has 0 spiro atoms. The standard InChI is InChI=1S/C16H15F4NO4/c1-3-10(15(23)24-2)21-14-11(12(22)13(17)25-14)8-5-4-6-9(7-8)16(18,19)20/h4-7,10,13,21H,3H2,1-2H3. The number of nitrogens with one attached hydrogen (secondary N) is 1. The van der Waals surface area contributed by atoms with Gasteiger partial charge in [-0.2, -0.15) is 17.6 Å². The summed E-state index contributed by atoms with van der Waals surface area (Å²) < 4.78 is 61.6. The molecule has 2 atom stereocenters. The van der Waals surface area contributed by atoms with Crippen molar-refractivity contribution in [2.24, 2.45) is 0 Å². The number of esters is 1. The van der Waals surface area contributed by atoms with Crippen LogP contribution in [0.2, 0.25) is 0 Å². The van der Waals surface area contributed by atoms with Crippen LogP contribution < -0.4 is 5.32 Å². The third kappa shape index (κ3) is 3.92. The summed E-state index contributed by atoms with van der Waals surface area (Å²) in [5, 5.41) is 2.52. The number of benzene rings is 1. The smallest absolute Gasteiger partial charge is 0.416 e. The van der Waals surface area contributed by atoms with Crippen LogP contribution in [-0.2, 0) is 25.2 Å². The van der Waals surface area contributed by atoms with Gasteiger partial charge in [0.2, 0.25) is 11.7 Å². The van der Waals surface area contributed by atoms with E-state index in [1.54, 1.807) is 6.92 Å². The topological polar surface area (TPSA) is 64.6 Å². The molecular weight excluding hydrogens is 346 g/mol. The van der Waals surface area contributed by atoms with Crippen LogP contribution in [0.25, 0.3) is 5.57 Å². The molecule has 9 heteroatoms. The second-order valence-electron chi connectivity index (χ2n) is 5.21. The van der Waals surface area contributed by atoms with Crippen LogP contribution in [0.3, 0.4) is 0 Å². The van der Waals surface area contributed by atoms with E-state index < -0.39 is 41.8 Å². The van der Waals surface area contributed by atoms with Gasteiger partial charge in [0, 0.05) is 0 Å². The van der Waals surface area contributed by atoms with Crippen LogP contribution in [0.1, 0.15) is 24.5 Å². The van der Waals surface area contributed by atoms with Gasteiger partial charge < -0.3 is 14.8 Å². The lowest BCUT2D eigenvalue weighted by Crippen LogP contribution is -2.37. The van der Waals surface area contributed by atoms with Gasteiger partial charge in [0.1, 0.15) is 6.04 Å². The highest BCUT2D eigenvalue weighted by atomic mass is 19.4. The van der Waals surface area contributed by atoms with E-state index in [4.69, 9.17) is 4.74 Å². The van der Waals surface area contributed by atoms with E-state index in [1.165, 1.54) is 6.07 Å². The van der Waals surface area contributed by atoms with Crippen molar-refractivity contribution >= 4 is 17.3 Å². The summed E-state index contributed by atoms with van der Waals surface area (Å²) in [6, 6.07) is 2.92. The van der Waals surface area contributed by atoms with Crippen molar-refractivity contribution in [3.05, 3.63) is 41.3 Å². The fourth-order valence-corrected chi connectivity index (χ4v) is 2.30. The molecule has 25 heavy (non-hydrogen) atoms. The molecule has 0 radical (unpaired) electrons. The first-order valence-electron chi connectivity index (χ1n) is 7.30. The third-order valence-electron chi connectivity index (χ3n) is 3.58. The Morgan fingerprint density at radius 2 is 2.08 bits per heavy atom. The van der Waals surface area contributed by atoms with Crippen molar-refractivity contribution in [1.82, 2.24) is 5.32 Å². The number of carbonyl (C=O) groups is 2. The number of ketones is 1. The second kappa shape index (κ2) is 7.12. The van der Waals surface area contributed by atoms with Gasteiger partial charge in [-0.1, -0.05) is 19.1 Å². The van der Waals surface area contributed by atoms with E-state index in [0.29, 0.717) is 0 Å². The van der Waals surface area contributed by atoms with Gasteiger partial charge in [0.25, 0.3) is 0 Å². The second-order valence-corrected chi connectivity index (χ2v) is 5.21. The van der Waals surface area contributed by atoms with Gasteiger partial charge in [-0.05, 0) is 24.1 Å². The summed E-state index contributed by atoms with van der Waals surface area (Å²) in [7, 11) is 1.15. The lowest BCUT2D eigenvalue weighted by Gasteiger charge is -2.17. The Morgan fingerprint density at radius 3 is 2.64 bits per heavy atom. The molecule has 0 saturated heterocycles. The fourth-order valence-electron chi connectivity index (χ4n) is 2.30. The molecule has 2 unspecified atom stereocenters. The van der Waals surface area contributed by atoms with Crippen molar-refractivity contribution in [2.75, 3.05) is 7.11 Å². The van der Waals surface area contributed by atoms with Gasteiger partial charge in [-0.15, -0.1) is 0 Å². The Kier molecular flexibility index (Phi) is 5.34. The zero-order chi connectivity index (χ0) is 18.8. The third-order valence-corrected chi connectivity index (χ3v) is 3.58. The largest absolute Gasteiger partial charge is 0.467 e. The average molecular weight is 361 g/mol. The summed E-state index contributed by atoms with van der Waals surface area (Å²) in [5.41, 5.74) is -1.55. The first kappa shape index (κ1) is 18.8. The molecule has 1 heterocycles. The maximum atomic E-state index is 13.7. The minimum atomic E-state index is -4.63. The van der Waals surface area contributed by atoms with Crippen LogP contribution in [0.15, 0.2) is 30.1 Å². The van der Waals surface area contributed by atoms with E-state index in [1.807, 2.05) is 0 Å². The number of halogens is 4. The molecule has 1 N–H and O–H groups in total. The Balaban J connectivity index is 2.46. The Bertz CT molecular complexity index is 714. The van der Waals surface area contributed by atoms with E-state index in [9.17, 15) is 27.2 Å². The maximum Gasteiger partial charge on any atom is 0.416 e. The van der Waals surface area contributed by atoms with Crippen LogP contribution in [0.4, 0.5) is 17.6 Å². The zero-order valence-electron chi connectivity index (χ0n) is 13.3. The number of hydrogen-bond donors (Lipinski definition) is 1. The van der Waals surface area contributed by atoms with Crippen molar-refractivity contribution in [1.29, 1.82) is 0 Å². The molecule has 5 nitrogen and oxygen atoms in total. The number of alkyl halides is 4. The van der Waals surface area contributed by atoms with Crippen LogP contribution in [-0.4, -0.2) is 31.3 Å². The van der Waals surface area contributed by atoms with Gasteiger partial charge >= 0.3 is 18.5 Å². The highest BCUT2D eigenvalue weighted by Gasteiger charge is 2.39. The molecule has 2 rings (SSSR count).